The van der Waals surface area contributed by atoms with Gasteiger partial charge in [-0.15, -0.1) is 13.2 Å². The molecule has 1 fully saturated rings. The van der Waals surface area contributed by atoms with Crippen LogP contribution in [0.25, 0.3) is 0 Å². The molecule has 0 aliphatic carbocycles. The number of amides is 2. The second kappa shape index (κ2) is 7.15. The smallest absolute Gasteiger partial charge is 0.406 e. The van der Waals surface area contributed by atoms with Crippen molar-refractivity contribution in [3.63, 3.8) is 0 Å². The normalized spacial score (nSPS) is 15.3. The minimum absolute atomic E-state index is 0.155. The molecule has 0 saturated carbocycles. The van der Waals surface area contributed by atoms with E-state index in [1.807, 2.05) is 6.07 Å². The van der Waals surface area contributed by atoms with Crippen LogP contribution in [0.2, 0.25) is 0 Å². The van der Waals surface area contributed by atoms with E-state index in [0.29, 0.717) is 25.3 Å². The van der Waals surface area contributed by atoms with Crippen molar-refractivity contribution < 1.29 is 22.7 Å². The maximum absolute atomic E-state index is 12.7. The molecule has 5 nitrogen and oxygen atoms in total. The van der Waals surface area contributed by atoms with Gasteiger partial charge in [0.25, 0.3) is 0 Å². The summed E-state index contributed by atoms with van der Waals surface area (Å²) in [5.41, 5.74) is 7.81. The number of hydrogen-bond donors (Lipinski definition) is 1. The number of carbonyl (C=O) groups is 1. The molecule has 1 aliphatic rings. The van der Waals surface area contributed by atoms with Crippen molar-refractivity contribution in [2.75, 3.05) is 23.7 Å². The Morgan fingerprint density at radius 2 is 1.81 bits per heavy atom. The molecular weight excluding hydrogens is 347 g/mol. The minimum Gasteiger partial charge on any atom is -0.406 e. The standard InChI is InChI=1S/C18H18F3N3O2/c19-18(20,21)26-16-7-5-13(6-8-16)12-23-9-2-10-24(17(23)25)15-4-1-3-14(22)11-15/h1,3-8,11H,2,9-10,12,22H2. The molecule has 26 heavy (non-hydrogen) atoms. The first-order valence-corrected chi connectivity index (χ1v) is 8.08. The van der Waals surface area contributed by atoms with Crippen LogP contribution >= 0.6 is 0 Å². The lowest BCUT2D eigenvalue weighted by Gasteiger charge is -2.35. The molecule has 0 atom stereocenters. The van der Waals surface area contributed by atoms with E-state index in [2.05, 4.69) is 4.74 Å². The molecule has 3 rings (SSSR count). The average molecular weight is 365 g/mol. The molecule has 0 spiro atoms. The van der Waals surface area contributed by atoms with Crippen molar-refractivity contribution in [2.24, 2.45) is 0 Å². The van der Waals surface area contributed by atoms with E-state index < -0.39 is 6.36 Å². The zero-order valence-electron chi connectivity index (χ0n) is 13.9. The average Bonchev–Trinajstić information content (AvgIpc) is 2.57. The number of nitrogens with two attached hydrogens (primary N) is 1. The van der Waals surface area contributed by atoms with Gasteiger partial charge in [-0.1, -0.05) is 18.2 Å². The van der Waals surface area contributed by atoms with Gasteiger partial charge in [0.1, 0.15) is 5.75 Å². The van der Waals surface area contributed by atoms with Crippen molar-refractivity contribution in [2.45, 2.75) is 19.3 Å². The van der Waals surface area contributed by atoms with Crippen molar-refractivity contribution in [1.82, 2.24) is 4.90 Å². The second-order valence-electron chi connectivity index (χ2n) is 6.00. The Labute approximate surface area is 148 Å². The van der Waals surface area contributed by atoms with Crippen LogP contribution in [0, 0.1) is 0 Å². The third-order valence-corrected chi connectivity index (χ3v) is 4.02. The highest BCUT2D eigenvalue weighted by Gasteiger charge is 2.31. The van der Waals surface area contributed by atoms with E-state index in [9.17, 15) is 18.0 Å². The summed E-state index contributed by atoms with van der Waals surface area (Å²) >= 11 is 0. The molecule has 1 saturated heterocycles. The van der Waals surface area contributed by atoms with E-state index in [0.717, 1.165) is 17.7 Å². The molecule has 2 aromatic carbocycles. The van der Waals surface area contributed by atoms with E-state index in [1.165, 1.54) is 24.3 Å². The van der Waals surface area contributed by atoms with Crippen LogP contribution in [0.3, 0.4) is 0 Å². The molecule has 0 unspecified atom stereocenters. The highest BCUT2D eigenvalue weighted by molar-refractivity contribution is 5.93. The molecule has 138 valence electrons. The number of nitrogen functional groups attached to an aromatic ring is 1. The van der Waals surface area contributed by atoms with Gasteiger partial charge in [-0.05, 0) is 42.3 Å². The molecule has 0 aromatic heterocycles. The highest BCUT2D eigenvalue weighted by atomic mass is 19.4. The zero-order valence-corrected chi connectivity index (χ0v) is 13.9. The van der Waals surface area contributed by atoms with Crippen LogP contribution in [0.1, 0.15) is 12.0 Å². The van der Waals surface area contributed by atoms with Crippen LogP contribution in [0.15, 0.2) is 48.5 Å². The number of hydrogen-bond acceptors (Lipinski definition) is 3. The lowest BCUT2D eigenvalue weighted by Crippen LogP contribution is -2.49. The number of carbonyl (C=O) groups excluding carboxylic acids is 1. The number of benzene rings is 2. The molecule has 1 heterocycles. The molecule has 0 radical (unpaired) electrons. The Bertz CT molecular complexity index is 778. The minimum atomic E-state index is -4.72. The number of ether oxygens (including phenoxy) is 1. The summed E-state index contributed by atoms with van der Waals surface area (Å²) in [6.07, 6.45) is -3.93. The van der Waals surface area contributed by atoms with E-state index >= 15 is 0 Å². The van der Waals surface area contributed by atoms with Crippen LogP contribution in [-0.2, 0) is 6.54 Å². The molecule has 8 heteroatoms. The van der Waals surface area contributed by atoms with Gasteiger partial charge in [0.15, 0.2) is 0 Å². The lowest BCUT2D eigenvalue weighted by molar-refractivity contribution is -0.274. The zero-order chi connectivity index (χ0) is 18.7. The van der Waals surface area contributed by atoms with E-state index in [-0.39, 0.29) is 11.8 Å². The number of urea groups is 1. The summed E-state index contributed by atoms with van der Waals surface area (Å²) in [4.78, 5) is 16.0. The molecular formula is C18H18F3N3O2. The number of rotatable bonds is 4. The van der Waals surface area contributed by atoms with Gasteiger partial charge >= 0.3 is 12.4 Å². The lowest BCUT2D eigenvalue weighted by atomic mass is 10.1. The van der Waals surface area contributed by atoms with Crippen molar-refractivity contribution in [3.8, 4) is 5.75 Å². The summed E-state index contributed by atoms with van der Waals surface area (Å²) in [5, 5.41) is 0. The fourth-order valence-electron chi connectivity index (χ4n) is 2.88. The summed E-state index contributed by atoms with van der Waals surface area (Å²) in [7, 11) is 0. The third kappa shape index (κ3) is 4.38. The van der Waals surface area contributed by atoms with E-state index in [4.69, 9.17) is 5.73 Å². The van der Waals surface area contributed by atoms with E-state index in [1.54, 1.807) is 28.0 Å². The van der Waals surface area contributed by atoms with Gasteiger partial charge in [0.2, 0.25) is 0 Å². The monoisotopic (exact) mass is 365 g/mol. The number of alkyl halides is 3. The Kier molecular flexibility index (Phi) is 4.92. The van der Waals surface area contributed by atoms with Crippen molar-refractivity contribution in [1.29, 1.82) is 0 Å². The third-order valence-electron chi connectivity index (χ3n) is 4.02. The number of halogens is 3. The fourth-order valence-corrected chi connectivity index (χ4v) is 2.88. The van der Waals surface area contributed by atoms with Crippen molar-refractivity contribution >= 4 is 17.4 Å². The van der Waals surface area contributed by atoms with Crippen LogP contribution in [0.5, 0.6) is 5.75 Å². The second-order valence-corrected chi connectivity index (χ2v) is 6.00. The first-order valence-electron chi connectivity index (χ1n) is 8.08. The topological polar surface area (TPSA) is 58.8 Å². The van der Waals surface area contributed by atoms with Gasteiger partial charge < -0.3 is 15.4 Å². The largest absolute Gasteiger partial charge is 0.573 e. The summed E-state index contributed by atoms with van der Waals surface area (Å²) < 4.78 is 40.5. The molecule has 1 aliphatic heterocycles. The predicted molar refractivity (Wildman–Crippen MR) is 91.7 cm³/mol. The van der Waals surface area contributed by atoms with Gasteiger partial charge in [-0.25, -0.2) is 4.79 Å². The summed E-state index contributed by atoms with van der Waals surface area (Å²) in [6, 6.07) is 12.5. The van der Waals surface area contributed by atoms with Gasteiger partial charge in [-0.2, -0.15) is 0 Å². The number of nitrogens with zero attached hydrogens (tertiary/aromatic N) is 2. The SMILES string of the molecule is Nc1cccc(N2CCCN(Cc3ccc(OC(F)(F)F)cc3)C2=O)c1. The summed E-state index contributed by atoms with van der Waals surface area (Å²) in [6.45, 7) is 1.49. The Hall–Kier alpha value is -2.90. The Morgan fingerprint density at radius 1 is 1.08 bits per heavy atom. The Morgan fingerprint density at radius 3 is 2.46 bits per heavy atom. The van der Waals surface area contributed by atoms with Gasteiger partial charge in [0.05, 0.1) is 0 Å². The quantitative estimate of drug-likeness (QED) is 0.833. The van der Waals surface area contributed by atoms with Crippen LogP contribution in [0.4, 0.5) is 29.3 Å². The van der Waals surface area contributed by atoms with Crippen molar-refractivity contribution in [3.05, 3.63) is 54.1 Å². The molecule has 2 amide bonds. The summed E-state index contributed by atoms with van der Waals surface area (Å²) in [5.74, 6) is -0.285. The van der Waals surface area contributed by atoms with Gasteiger partial charge in [0, 0.05) is 31.0 Å². The maximum Gasteiger partial charge on any atom is 0.573 e. The molecule has 2 N–H and O–H groups in total. The maximum atomic E-state index is 12.7. The first-order chi connectivity index (χ1) is 12.3. The molecule has 0 bridgehead atoms. The first kappa shape index (κ1) is 17.9. The Balaban J connectivity index is 1.68. The highest BCUT2D eigenvalue weighted by Crippen LogP contribution is 2.25. The van der Waals surface area contributed by atoms with Gasteiger partial charge in [-0.3, -0.25) is 4.90 Å². The predicted octanol–water partition coefficient (Wildman–Crippen LogP) is 4.00. The van der Waals surface area contributed by atoms with Crippen LogP contribution in [-0.4, -0.2) is 30.4 Å². The molecule has 2 aromatic rings. The van der Waals surface area contributed by atoms with Crippen LogP contribution < -0.4 is 15.4 Å². The fraction of sp³-hybridized carbons (Fsp3) is 0.278. The number of anilines is 2.